The molecule has 2 amide bonds. The Hall–Kier alpha value is -2.87. The standard InChI is InChI=1S/C18H18N2O5S/c1-12-3-5-13(6-4-12)19-26(23,24)16-11-14(7-8-15(16)25-2)20-17(21)9-10-18(20)22/h3-8,11,19H,9-10H2,1-2H3. The number of ether oxygens (including phenoxy) is 1. The van der Waals surface area contributed by atoms with Gasteiger partial charge in [-0.1, -0.05) is 17.7 Å². The lowest BCUT2D eigenvalue weighted by atomic mass is 10.2. The molecule has 1 saturated heterocycles. The van der Waals surface area contributed by atoms with Gasteiger partial charge in [0.2, 0.25) is 11.8 Å². The summed E-state index contributed by atoms with van der Waals surface area (Å²) in [6.45, 7) is 1.90. The summed E-state index contributed by atoms with van der Waals surface area (Å²) in [5, 5.41) is 0. The Morgan fingerprint density at radius 1 is 1.00 bits per heavy atom. The van der Waals surface area contributed by atoms with Crippen molar-refractivity contribution < 1.29 is 22.7 Å². The molecule has 0 unspecified atom stereocenters. The fraction of sp³-hybridized carbons (Fsp3) is 0.222. The number of nitrogens with one attached hydrogen (secondary N) is 1. The number of methoxy groups -OCH3 is 1. The van der Waals surface area contributed by atoms with Crippen LogP contribution in [-0.4, -0.2) is 27.3 Å². The minimum atomic E-state index is -3.98. The molecule has 7 nitrogen and oxygen atoms in total. The first-order valence-corrected chi connectivity index (χ1v) is 9.43. The van der Waals surface area contributed by atoms with E-state index in [2.05, 4.69) is 4.72 Å². The SMILES string of the molecule is COc1ccc(N2C(=O)CCC2=O)cc1S(=O)(=O)Nc1ccc(C)cc1. The molecule has 1 aliphatic rings. The number of hydrogen-bond donors (Lipinski definition) is 1. The molecule has 8 heteroatoms. The summed E-state index contributed by atoms with van der Waals surface area (Å²) in [6, 6.07) is 11.1. The molecule has 3 rings (SSSR count). The van der Waals surface area contributed by atoms with Crippen LogP contribution in [0.3, 0.4) is 0 Å². The topological polar surface area (TPSA) is 92.8 Å². The van der Waals surface area contributed by atoms with E-state index in [0.29, 0.717) is 5.69 Å². The van der Waals surface area contributed by atoms with Crippen molar-refractivity contribution >= 4 is 33.2 Å². The molecule has 2 aromatic carbocycles. The molecule has 0 saturated carbocycles. The van der Waals surface area contributed by atoms with E-state index >= 15 is 0 Å². The molecule has 26 heavy (non-hydrogen) atoms. The number of amides is 2. The zero-order valence-electron chi connectivity index (χ0n) is 14.4. The van der Waals surface area contributed by atoms with Gasteiger partial charge in [-0.3, -0.25) is 19.2 Å². The van der Waals surface area contributed by atoms with Gasteiger partial charge in [-0.25, -0.2) is 8.42 Å². The number of benzene rings is 2. The van der Waals surface area contributed by atoms with Crippen LogP contribution in [0.15, 0.2) is 47.4 Å². The van der Waals surface area contributed by atoms with Crippen LogP contribution in [0.25, 0.3) is 0 Å². The van der Waals surface area contributed by atoms with Crippen molar-refractivity contribution in [3.8, 4) is 5.75 Å². The summed E-state index contributed by atoms with van der Waals surface area (Å²) in [4.78, 5) is 24.7. The van der Waals surface area contributed by atoms with E-state index < -0.39 is 10.0 Å². The van der Waals surface area contributed by atoms with Crippen LogP contribution in [-0.2, 0) is 19.6 Å². The highest BCUT2D eigenvalue weighted by molar-refractivity contribution is 7.92. The molecule has 1 heterocycles. The lowest BCUT2D eigenvalue weighted by molar-refractivity contribution is -0.121. The average Bonchev–Trinajstić information content (AvgIpc) is 2.95. The minimum absolute atomic E-state index is 0.118. The molecule has 1 fully saturated rings. The van der Waals surface area contributed by atoms with Crippen molar-refractivity contribution in [1.29, 1.82) is 0 Å². The number of imide groups is 1. The Morgan fingerprint density at radius 3 is 2.19 bits per heavy atom. The number of rotatable bonds is 5. The van der Waals surface area contributed by atoms with E-state index in [1.165, 1.54) is 25.3 Å². The van der Waals surface area contributed by atoms with Crippen molar-refractivity contribution in [2.45, 2.75) is 24.7 Å². The van der Waals surface area contributed by atoms with Crippen LogP contribution in [0.4, 0.5) is 11.4 Å². The molecule has 0 atom stereocenters. The van der Waals surface area contributed by atoms with Crippen molar-refractivity contribution in [1.82, 2.24) is 0 Å². The predicted molar refractivity (Wildman–Crippen MR) is 96.7 cm³/mol. The van der Waals surface area contributed by atoms with E-state index in [1.807, 2.05) is 6.92 Å². The van der Waals surface area contributed by atoms with Crippen molar-refractivity contribution in [2.24, 2.45) is 0 Å². The molecule has 1 aliphatic heterocycles. The van der Waals surface area contributed by atoms with E-state index in [4.69, 9.17) is 4.74 Å². The average molecular weight is 374 g/mol. The van der Waals surface area contributed by atoms with Crippen LogP contribution in [0.2, 0.25) is 0 Å². The monoisotopic (exact) mass is 374 g/mol. The number of sulfonamides is 1. The third-order valence-electron chi connectivity index (χ3n) is 4.05. The molecule has 0 bridgehead atoms. The second kappa shape index (κ2) is 6.80. The van der Waals surface area contributed by atoms with E-state index in [-0.39, 0.29) is 41.0 Å². The van der Waals surface area contributed by atoms with Gasteiger partial charge in [-0.2, -0.15) is 0 Å². The molecule has 0 aliphatic carbocycles. The highest BCUT2D eigenvalue weighted by Gasteiger charge is 2.32. The fourth-order valence-electron chi connectivity index (χ4n) is 2.71. The summed E-state index contributed by atoms with van der Waals surface area (Å²) >= 11 is 0. The highest BCUT2D eigenvalue weighted by atomic mass is 32.2. The van der Waals surface area contributed by atoms with Gasteiger partial charge >= 0.3 is 0 Å². The van der Waals surface area contributed by atoms with Crippen LogP contribution in [0, 0.1) is 6.92 Å². The first-order chi connectivity index (χ1) is 12.3. The van der Waals surface area contributed by atoms with Crippen LogP contribution >= 0.6 is 0 Å². The van der Waals surface area contributed by atoms with E-state index in [1.54, 1.807) is 24.3 Å². The zero-order chi connectivity index (χ0) is 18.9. The minimum Gasteiger partial charge on any atom is -0.495 e. The molecule has 0 spiro atoms. The predicted octanol–water partition coefficient (Wildman–Crippen LogP) is 2.46. The van der Waals surface area contributed by atoms with E-state index in [9.17, 15) is 18.0 Å². The Balaban J connectivity index is 2.01. The Kier molecular flexibility index (Phi) is 4.69. The van der Waals surface area contributed by atoms with Gasteiger partial charge < -0.3 is 4.74 Å². The molecule has 0 radical (unpaired) electrons. The fourth-order valence-corrected chi connectivity index (χ4v) is 3.96. The van der Waals surface area contributed by atoms with Gasteiger partial charge in [0.25, 0.3) is 10.0 Å². The van der Waals surface area contributed by atoms with Gasteiger partial charge in [0.05, 0.1) is 12.8 Å². The van der Waals surface area contributed by atoms with Crippen LogP contribution in [0.1, 0.15) is 18.4 Å². The maximum Gasteiger partial charge on any atom is 0.265 e. The molecule has 0 aromatic heterocycles. The number of aryl methyl sites for hydroxylation is 1. The maximum atomic E-state index is 12.8. The van der Waals surface area contributed by atoms with Crippen molar-refractivity contribution in [2.75, 3.05) is 16.7 Å². The van der Waals surface area contributed by atoms with Crippen molar-refractivity contribution in [3.05, 3.63) is 48.0 Å². The number of anilines is 2. The normalized spacial score (nSPS) is 14.6. The molecule has 1 N–H and O–H groups in total. The summed E-state index contributed by atoms with van der Waals surface area (Å²) in [5.74, 6) is -0.586. The quantitative estimate of drug-likeness (QED) is 0.812. The largest absolute Gasteiger partial charge is 0.495 e. The third kappa shape index (κ3) is 3.41. The summed E-state index contributed by atoms with van der Waals surface area (Å²) in [7, 11) is -2.63. The summed E-state index contributed by atoms with van der Waals surface area (Å²) < 4.78 is 33.3. The smallest absolute Gasteiger partial charge is 0.265 e. The second-order valence-corrected chi connectivity index (χ2v) is 7.58. The lowest BCUT2D eigenvalue weighted by Gasteiger charge is -2.17. The summed E-state index contributed by atoms with van der Waals surface area (Å²) in [6.07, 6.45) is 0.239. The van der Waals surface area contributed by atoms with Gasteiger partial charge in [0.1, 0.15) is 10.6 Å². The van der Waals surface area contributed by atoms with Gasteiger partial charge in [0, 0.05) is 18.5 Å². The zero-order valence-corrected chi connectivity index (χ0v) is 15.2. The molecule has 136 valence electrons. The second-order valence-electron chi connectivity index (χ2n) is 5.93. The van der Waals surface area contributed by atoms with Gasteiger partial charge in [0.15, 0.2) is 0 Å². The first kappa shape index (κ1) is 17.9. The third-order valence-corrected chi connectivity index (χ3v) is 5.45. The maximum absolute atomic E-state index is 12.8. The van der Waals surface area contributed by atoms with Crippen molar-refractivity contribution in [3.63, 3.8) is 0 Å². The first-order valence-electron chi connectivity index (χ1n) is 7.95. The van der Waals surface area contributed by atoms with Crippen LogP contribution in [0.5, 0.6) is 5.75 Å². The lowest BCUT2D eigenvalue weighted by Crippen LogP contribution is -2.28. The highest BCUT2D eigenvalue weighted by Crippen LogP contribution is 2.32. The van der Waals surface area contributed by atoms with Crippen LogP contribution < -0.4 is 14.4 Å². The Morgan fingerprint density at radius 2 is 1.62 bits per heavy atom. The number of carbonyl (C=O) groups excluding carboxylic acids is 2. The molecular weight excluding hydrogens is 356 g/mol. The molecule has 2 aromatic rings. The summed E-state index contributed by atoms with van der Waals surface area (Å²) in [5.41, 5.74) is 1.61. The van der Waals surface area contributed by atoms with E-state index in [0.717, 1.165) is 10.5 Å². The molecular formula is C18H18N2O5S. The number of carbonyl (C=O) groups is 2. The van der Waals surface area contributed by atoms with Gasteiger partial charge in [-0.05, 0) is 37.3 Å². The number of hydrogen-bond acceptors (Lipinski definition) is 5. The van der Waals surface area contributed by atoms with Gasteiger partial charge in [-0.15, -0.1) is 0 Å². The number of nitrogens with zero attached hydrogens (tertiary/aromatic N) is 1. The Labute approximate surface area is 151 Å². The Bertz CT molecular complexity index is 952.